The molecule has 0 saturated carbocycles. The van der Waals surface area contributed by atoms with Gasteiger partial charge in [0.15, 0.2) is 5.11 Å². The predicted octanol–water partition coefficient (Wildman–Crippen LogP) is 4.34. The van der Waals surface area contributed by atoms with Crippen molar-refractivity contribution in [1.82, 2.24) is 0 Å². The van der Waals surface area contributed by atoms with Crippen molar-refractivity contribution in [3.63, 3.8) is 0 Å². The van der Waals surface area contributed by atoms with E-state index >= 15 is 0 Å². The van der Waals surface area contributed by atoms with Gasteiger partial charge >= 0.3 is 0 Å². The minimum absolute atomic E-state index is 0.0106. The molecule has 5 heteroatoms. The first-order valence-electron chi connectivity index (χ1n) is 6.21. The standard InChI is InChI=1S/C15H14F2N2S/c1-2-10-5-3-4-6-13(10)18-15(20)19-14-9-11(16)7-8-12(14)17/h3-9H,2H2,1H3,(H2,18,19,20). The Morgan fingerprint density at radius 2 is 1.75 bits per heavy atom. The lowest BCUT2D eigenvalue weighted by Crippen LogP contribution is -2.20. The average molecular weight is 292 g/mol. The third-order valence-corrected chi connectivity index (χ3v) is 3.03. The van der Waals surface area contributed by atoms with Crippen LogP contribution >= 0.6 is 12.2 Å². The van der Waals surface area contributed by atoms with Gasteiger partial charge in [0, 0.05) is 11.8 Å². The van der Waals surface area contributed by atoms with Crippen molar-refractivity contribution < 1.29 is 8.78 Å². The van der Waals surface area contributed by atoms with Crippen LogP contribution in [0.15, 0.2) is 42.5 Å². The second-order valence-electron chi connectivity index (χ2n) is 4.21. The number of hydrogen-bond donors (Lipinski definition) is 2. The van der Waals surface area contributed by atoms with Gasteiger partial charge in [-0.3, -0.25) is 0 Å². The van der Waals surface area contributed by atoms with Gasteiger partial charge < -0.3 is 10.6 Å². The lowest BCUT2D eigenvalue weighted by atomic mass is 10.1. The Bertz CT molecular complexity index is 629. The van der Waals surface area contributed by atoms with Crippen LogP contribution < -0.4 is 10.6 Å². The van der Waals surface area contributed by atoms with Gasteiger partial charge in [-0.05, 0) is 42.4 Å². The molecule has 0 fully saturated rings. The predicted molar refractivity (Wildman–Crippen MR) is 82.0 cm³/mol. The summed E-state index contributed by atoms with van der Waals surface area (Å²) in [5.41, 5.74) is 1.96. The summed E-state index contributed by atoms with van der Waals surface area (Å²) in [5.74, 6) is -1.08. The SMILES string of the molecule is CCc1ccccc1NC(=S)Nc1cc(F)ccc1F. The Morgan fingerprint density at radius 3 is 2.50 bits per heavy atom. The van der Waals surface area contributed by atoms with Crippen LogP contribution in [-0.2, 0) is 6.42 Å². The summed E-state index contributed by atoms with van der Waals surface area (Å²) < 4.78 is 26.6. The van der Waals surface area contributed by atoms with Crippen LogP contribution in [0.4, 0.5) is 20.2 Å². The molecule has 104 valence electrons. The lowest BCUT2D eigenvalue weighted by molar-refractivity contribution is 0.604. The molecule has 2 rings (SSSR count). The first kappa shape index (κ1) is 14.4. The first-order valence-corrected chi connectivity index (χ1v) is 6.62. The monoisotopic (exact) mass is 292 g/mol. The molecule has 0 heterocycles. The summed E-state index contributed by atoms with van der Waals surface area (Å²) in [6, 6.07) is 10.9. The van der Waals surface area contributed by atoms with Crippen molar-refractivity contribution >= 4 is 28.7 Å². The third-order valence-electron chi connectivity index (χ3n) is 2.82. The van der Waals surface area contributed by atoms with Gasteiger partial charge in [0.25, 0.3) is 0 Å². The fourth-order valence-corrected chi connectivity index (χ4v) is 2.04. The maximum absolute atomic E-state index is 13.5. The number of para-hydroxylation sites is 1. The second-order valence-corrected chi connectivity index (χ2v) is 4.62. The van der Waals surface area contributed by atoms with Gasteiger partial charge in [-0.1, -0.05) is 25.1 Å². The van der Waals surface area contributed by atoms with E-state index in [2.05, 4.69) is 10.6 Å². The maximum atomic E-state index is 13.5. The molecular weight excluding hydrogens is 278 g/mol. The molecular formula is C15H14F2N2S. The van der Waals surface area contributed by atoms with E-state index in [0.29, 0.717) is 0 Å². The normalized spacial score (nSPS) is 10.2. The summed E-state index contributed by atoms with van der Waals surface area (Å²) in [7, 11) is 0. The molecule has 0 saturated heterocycles. The Hall–Kier alpha value is -2.01. The molecule has 0 aliphatic rings. The Kier molecular flexibility index (Phi) is 4.63. The number of rotatable bonds is 3. The van der Waals surface area contributed by atoms with Crippen molar-refractivity contribution in [3.05, 3.63) is 59.7 Å². The maximum Gasteiger partial charge on any atom is 0.175 e. The van der Waals surface area contributed by atoms with Crippen LogP contribution in [0.25, 0.3) is 0 Å². The van der Waals surface area contributed by atoms with Crippen molar-refractivity contribution in [1.29, 1.82) is 0 Å². The van der Waals surface area contributed by atoms with E-state index in [1.807, 2.05) is 31.2 Å². The fraction of sp³-hybridized carbons (Fsp3) is 0.133. The van der Waals surface area contributed by atoms with Crippen molar-refractivity contribution in [2.75, 3.05) is 10.6 Å². The lowest BCUT2D eigenvalue weighted by Gasteiger charge is -2.13. The molecule has 2 nitrogen and oxygen atoms in total. The number of benzene rings is 2. The van der Waals surface area contributed by atoms with Gasteiger partial charge in [0.1, 0.15) is 11.6 Å². The molecule has 0 spiro atoms. The summed E-state index contributed by atoms with van der Waals surface area (Å²) in [6.07, 6.45) is 0.847. The molecule has 2 aromatic carbocycles. The van der Waals surface area contributed by atoms with Crippen molar-refractivity contribution in [2.24, 2.45) is 0 Å². The Labute approximate surface area is 121 Å². The summed E-state index contributed by atoms with van der Waals surface area (Å²) >= 11 is 5.12. The molecule has 0 bridgehead atoms. The highest BCUT2D eigenvalue weighted by Crippen LogP contribution is 2.18. The van der Waals surface area contributed by atoms with E-state index in [0.717, 1.165) is 35.9 Å². The summed E-state index contributed by atoms with van der Waals surface area (Å²) in [4.78, 5) is 0. The van der Waals surface area contributed by atoms with Gasteiger partial charge in [0.2, 0.25) is 0 Å². The van der Waals surface area contributed by atoms with Gasteiger partial charge in [0.05, 0.1) is 5.69 Å². The topological polar surface area (TPSA) is 24.1 Å². The Morgan fingerprint density at radius 1 is 1.05 bits per heavy atom. The highest BCUT2D eigenvalue weighted by Gasteiger charge is 2.07. The van der Waals surface area contributed by atoms with Crippen LogP contribution in [0.3, 0.4) is 0 Å². The zero-order valence-electron chi connectivity index (χ0n) is 10.9. The minimum atomic E-state index is -0.556. The highest BCUT2D eigenvalue weighted by molar-refractivity contribution is 7.80. The zero-order valence-corrected chi connectivity index (χ0v) is 11.7. The van der Waals surface area contributed by atoms with Crippen LogP contribution in [0.2, 0.25) is 0 Å². The van der Waals surface area contributed by atoms with Gasteiger partial charge in [-0.15, -0.1) is 0 Å². The fourth-order valence-electron chi connectivity index (χ4n) is 1.82. The van der Waals surface area contributed by atoms with Crippen LogP contribution in [0, 0.1) is 11.6 Å². The molecule has 2 N–H and O–H groups in total. The van der Waals surface area contributed by atoms with E-state index in [1.54, 1.807) is 0 Å². The van der Waals surface area contributed by atoms with Crippen LogP contribution in [0.1, 0.15) is 12.5 Å². The van der Waals surface area contributed by atoms with E-state index in [4.69, 9.17) is 12.2 Å². The molecule has 0 aliphatic heterocycles. The van der Waals surface area contributed by atoms with E-state index < -0.39 is 11.6 Å². The summed E-state index contributed by atoms with van der Waals surface area (Å²) in [5, 5.41) is 5.86. The third kappa shape index (κ3) is 3.51. The molecule has 0 unspecified atom stereocenters. The van der Waals surface area contributed by atoms with Crippen molar-refractivity contribution in [3.8, 4) is 0 Å². The molecule has 0 radical (unpaired) electrons. The summed E-state index contributed by atoms with van der Waals surface area (Å²) in [6.45, 7) is 2.03. The number of nitrogens with one attached hydrogen (secondary N) is 2. The molecule has 20 heavy (non-hydrogen) atoms. The molecule has 0 aliphatic carbocycles. The number of anilines is 2. The quantitative estimate of drug-likeness (QED) is 0.823. The molecule has 0 atom stereocenters. The smallest absolute Gasteiger partial charge is 0.175 e. The van der Waals surface area contributed by atoms with Crippen LogP contribution in [0.5, 0.6) is 0 Å². The Balaban J connectivity index is 2.11. The molecule has 0 amide bonds. The number of halogens is 2. The van der Waals surface area contributed by atoms with Crippen LogP contribution in [-0.4, -0.2) is 5.11 Å². The number of thiocarbonyl (C=S) groups is 1. The molecule has 0 aromatic heterocycles. The highest BCUT2D eigenvalue weighted by atomic mass is 32.1. The molecule has 2 aromatic rings. The van der Waals surface area contributed by atoms with E-state index in [-0.39, 0.29) is 10.8 Å². The first-order chi connectivity index (χ1) is 9.60. The second kappa shape index (κ2) is 6.43. The van der Waals surface area contributed by atoms with E-state index in [1.165, 1.54) is 0 Å². The zero-order chi connectivity index (χ0) is 14.5. The van der Waals surface area contributed by atoms with Crippen molar-refractivity contribution in [2.45, 2.75) is 13.3 Å². The average Bonchev–Trinajstić information content (AvgIpc) is 2.43. The van der Waals surface area contributed by atoms with E-state index in [9.17, 15) is 8.78 Å². The largest absolute Gasteiger partial charge is 0.332 e. The number of aryl methyl sites for hydroxylation is 1. The number of hydrogen-bond acceptors (Lipinski definition) is 1. The van der Waals surface area contributed by atoms with Gasteiger partial charge in [-0.2, -0.15) is 0 Å². The van der Waals surface area contributed by atoms with Gasteiger partial charge in [-0.25, -0.2) is 8.78 Å². The minimum Gasteiger partial charge on any atom is -0.332 e.